The van der Waals surface area contributed by atoms with Crippen LogP contribution in [0.4, 0.5) is 5.82 Å². The number of carbonyl (C=O) groups excluding carboxylic acids is 1. The molecule has 3 aromatic rings. The Balaban J connectivity index is 1.64. The molecule has 2 aliphatic rings. The first-order valence-electron chi connectivity index (χ1n) is 8.44. The number of pyridine rings is 2. The lowest BCUT2D eigenvalue weighted by Crippen LogP contribution is -2.35. The average molecular weight is 331 g/mol. The number of hydrogen-bond donors (Lipinski definition) is 2. The molecule has 2 aromatic heterocycles. The number of nitrogens with one attached hydrogen (secondary N) is 1. The molecule has 1 spiro atoms. The van der Waals surface area contributed by atoms with Crippen molar-refractivity contribution >= 4 is 22.6 Å². The first-order valence-corrected chi connectivity index (χ1v) is 8.44. The third-order valence-corrected chi connectivity index (χ3v) is 5.43. The van der Waals surface area contributed by atoms with Gasteiger partial charge in [-0.2, -0.15) is 0 Å². The number of aliphatic hydroxyl groups excluding tert-OH is 1. The predicted octanol–water partition coefficient (Wildman–Crippen LogP) is 2.67. The van der Waals surface area contributed by atoms with Gasteiger partial charge in [0.1, 0.15) is 5.82 Å². The summed E-state index contributed by atoms with van der Waals surface area (Å²) in [4.78, 5) is 21.6. The predicted molar refractivity (Wildman–Crippen MR) is 94.3 cm³/mol. The normalized spacial score (nSPS) is 22.1. The molecule has 2 unspecified atom stereocenters. The molecule has 25 heavy (non-hydrogen) atoms. The lowest BCUT2D eigenvalue weighted by Gasteiger charge is -2.20. The molecule has 2 N–H and O–H groups in total. The van der Waals surface area contributed by atoms with Crippen molar-refractivity contribution in [2.24, 2.45) is 0 Å². The van der Waals surface area contributed by atoms with Crippen LogP contribution in [0, 0.1) is 0 Å². The fraction of sp³-hybridized carbons (Fsp3) is 0.250. The van der Waals surface area contributed by atoms with Crippen LogP contribution in [0.15, 0.2) is 42.6 Å². The number of nitrogens with zero attached hydrogens (tertiary/aromatic N) is 2. The molecule has 5 heteroatoms. The highest BCUT2D eigenvalue weighted by atomic mass is 16.3. The van der Waals surface area contributed by atoms with Gasteiger partial charge in [0.25, 0.3) is 0 Å². The quantitative estimate of drug-likeness (QED) is 0.719. The summed E-state index contributed by atoms with van der Waals surface area (Å²) < 4.78 is 0. The maximum Gasteiger partial charge on any atom is 0.237 e. The van der Waals surface area contributed by atoms with Gasteiger partial charge in [-0.15, -0.1) is 0 Å². The highest BCUT2D eigenvalue weighted by molar-refractivity contribution is 6.06. The van der Waals surface area contributed by atoms with Crippen molar-refractivity contribution in [3.8, 4) is 0 Å². The molecule has 5 rings (SSSR count). The zero-order valence-electron chi connectivity index (χ0n) is 13.8. The fourth-order valence-corrected chi connectivity index (χ4v) is 4.14. The van der Waals surface area contributed by atoms with Crippen LogP contribution in [0.5, 0.6) is 0 Å². The molecule has 1 aliphatic heterocycles. The van der Waals surface area contributed by atoms with Crippen molar-refractivity contribution in [3.05, 3.63) is 65.0 Å². The van der Waals surface area contributed by atoms with Gasteiger partial charge >= 0.3 is 0 Å². The van der Waals surface area contributed by atoms with E-state index in [2.05, 4.69) is 27.4 Å². The van der Waals surface area contributed by atoms with E-state index in [4.69, 9.17) is 0 Å². The molecule has 1 aliphatic carbocycles. The number of fused-ring (bicyclic) bond motifs is 4. The number of amides is 1. The molecule has 0 radical (unpaired) electrons. The summed E-state index contributed by atoms with van der Waals surface area (Å²) in [5.74, 6) is 0.707. The minimum absolute atomic E-state index is 0.0269. The molecule has 124 valence electrons. The van der Waals surface area contributed by atoms with Crippen molar-refractivity contribution < 1.29 is 9.90 Å². The highest BCUT2D eigenvalue weighted by Gasteiger charge is 2.51. The van der Waals surface area contributed by atoms with E-state index in [1.807, 2.05) is 24.3 Å². The molecule has 0 saturated heterocycles. The van der Waals surface area contributed by atoms with E-state index in [9.17, 15) is 9.90 Å². The number of benzene rings is 1. The summed E-state index contributed by atoms with van der Waals surface area (Å²) in [7, 11) is 0. The van der Waals surface area contributed by atoms with Crippen LogP contribution < -0.4 is 5.32 Å². The Morgan fingerprint density at radius 3 is 2.80 bits per heavy atom. The summed E-state index contributed by atoms with van der Waals surface area (Å²) >= 11 is 0. The van der Waals surface area contributed by atoms with E-state index >= 15 is 0 Å². The Morgan fingerprint density at radius 2 is 2.00 bits per heavy atom. The van der Waals surface area contributed by atoms with E-state index in [0.717, 1.165) is 22.0 Å². The van der Waals surface area contributed by atoms with Crippen LogP contribution in [-0.4, -0.2) is 21.0 Å². The molecular weight excluding hydrogens is 314 g/mol. The monoisotopic (exact) mass is 331 g/mol. The average Bonchev–Trinajstić information content (AvgIpc) is 3.10. The summed E-state index contributed by atoms with van der Waals surface area (Å²) in [6.45, 7) is 1.71. The van der Waals surface area contributed by atoms with Crippen molar-refractivity contribution in [2.75, 3.05) is 5.32 Å². The molecule has 5 nitrogen and oxygen atoms in total. The van der Waals surface area contributed by atoms with Crippen LogP contribution >= 0.6 is 0 Å². The Bertz CT molecular complexity index is 1040. The third-order valence-electron chi connectivity index (χ3n) is 5.43. The van der Waals surface area contributed by atoms with Crippen LogP contribution in [0.25, 0.3) is 10.9 Å². The lowest BCUT2D eigenvalue weighted by atomic mass is 9.79. The van der Waals surface area contributed by atoms with Crippen LogP contribution in [-0.2, 0) is 23.1 Å². The minimum Gasteiger partial charge on any atom is -0.387 e. The molecule has 0 bridgehead atoms. The van der Waals surface area contributed by atoms with Gasteiger partial charge in [0.2, 0.25) is 5.91 Å². The smallest absolute Gasteiger partial charge is 0.237 e. The van der Waals surface area contributed by atoms with Gasteiger partial charge in [-0.25, -0.2) is 4.98 Å². The van der Waals surface area contributed by atoms with E-state index in [0.29, 0.717) is 24.4 Å². The van der Waals surface area contributed by atoms with Crippen molar-refractivity contribution in [1.29, 1.82) is 0 Å². The third kappa shape index (κ3) is 1.96. The zero-order valence-corrected chi connectivity index (χ0v) is 13.8. The van der Waals surface area contributed by atoms with Gasteiger partial charge in [-0.3, -0.25) is 9.78 Å². The van der Waals surface area contributed by atoms with Gasteiger partial charge in [-0.05, 0) is 55.2 Å². The van der Waals surface area contributed by atoms with Gasteiger partial charge in [0, 0.05) is 17.1 Å². The van der Waals surface area contributed by atoms with Crippen molar-refractivity contribution in [2.45, 2.75) is 31.3 Å². The molecule has 2 atom stereocenters. The first-order chi connectivity index (χ1) is 12.1. The number of hydrogen-bond acceptors (Lipinski definition) is 4. The second kappa shape index (κ2) is 4.86. The van der Waals surface area contributed by atoms with Crippen molar-refractivity contribution in [1.82, 2.24) is 9.97 Å². The summed E-state index contributed by atoms with van der Waals surface area (Å²) in [5.41, 5.74) is 4.28. The number of carbonyl (C=O) groups is 1. The van der Waals surface area contributed by atoms with Gasteiger partial charge < -0.3 is 10.4 Å². The first kappa shape index (κ1) is 14.5. The van der Waals surface area contributed by atoms with Crippen LogP contribution in [0.2, 0.25) is 0 Å². The fourth-order valence-electron chi connectivity index (χ4n) is 4.14. The molecule has 3 heterocycles. The maximum atomic E-state index is 12.8. The van der Waals surface area contributed by atoms with Gasteiger partial charge in [-0.1, -0.05) is 12.1 Å². The molecule has 0 saturated carbocycles. The Kier molecular flexibility index (Phi) is 2.83. The molecule has 0 fully saturated rings. The number of anilines is 1. The summed E-state index contributed by atoms with van der Waals surface area (Å²) in [6, 6.07) is 11.9. The maximum absolute atomic E-state index is 12.8. The number of aromatic nitrogens is 2. The Hall–Kier alpha value is -2.79. The molecular formula is C20H17N3O2. The minimum atomic E-state index is -0.595. The molecule has 1 amide bonds. The second-order valence-corrected chi connectivity index (χ2v) is 7.02. The van der Waals surface area contributed by atoms with Crippen molar-refractivity contribution in [3.63, 3.8) is 0 Å². The lowest BCUT2D eigenvalue weighted by molar-refractivity contribution is -0.120. The standard InChI is InChI=1S/C20H17N3O2/c1-11(24)16-5-4-12-7-13-9-20(10-14(13)8-17(12)22-16)15-3-2-6-21-18(15)23-19(20)25/h2-8,11,24H,9-10H2,1H3,(H,21,23,25). The second-order valence-electron chi connectivity index (χ2n) is 7.02. The Morgan fingerprint density at radius 1 is 1.20 bits per heavy atom. The molecule has 1 aromatic carbocycles. The van der Waals surface area contributed by atoms with Gasteiger partial charge in [0.05, 0.1) is 22.7 Å². The number of rotatable bonds is 1. The van der Waals surface area contributed by atoms with Crippen LogP contribution in [0.1, 0.15) is 35.4 Å². The number of aliphatic hydroxyl groups is 1. The van der Waals surface area contributed by atoms with E-state index < -0.39 is 11.5 Å². The van der Waals surface area contributed by atoms with E-state index in [-0.39, 0.29) is 5.91 Å². The highest BCUT2D eigenvalue weighted by Crippen LogP contribution is 2.47. The van der Waals surface area contributed by atoms with Crippen LogP contribution in [0.3, 0.4) is 0 Å². The topological polar surface area (TPSA) is 75.1 Å². The van der Waals surface area contributed by atoms with Gasteiger partial charge in [0.15, 0.2) is 0 Å². The largest absolute Gasteiger partial charge is 0.387 e. The summed E-state index contributed by atoms with van der Waals surface area (Å²) in [5, 5.41) is 13.7. The summed E-state index contributed by atoms with van der Waals surface area (Å²) in [6.07, 6.45) is 2.45. The Labute approximate surface area is 144 Å². The van der Waals surface area contributed by atoms with E-state index in [1.165, 1.54) is 5.56 Å². The van der Waals surface area contributed by atoms with E-state index in [1.54, 1.807) is 13.1 Å². The zero-order chi connectivity index (χ0) is 17.2. The SMILES string of the molecule is CC(O)c1ccc2cc3c(cc2n1)CC1(C3)C(=O)Nc2ncccc21.